The summed E-state index contributed by atoms with van der Waals surface area (Å²) in [5.41, 5.74) is 4.43. The van der Waals surface area contributed by atoms with Crippen molar-refractivity contribution in [2.45, 2.75) is 84.5 Å². The van der Waals surface area contributed by atoms with Crippen LogP contribution in [0.1, 0.15) is 84.5 Å². The molecule has 0 heterocycles. The van der Waals surface area contributed by atoms with E-state index in [0.29, 0.717) is 0 Å². The third kappa shape index (κ3) is 3.92. The maximum absolute atomic E-state index is 5.68. The molecule has 31 heavy (non-hydrogen) atoms. The van der Waals surface area contributed by atoms with Gasteiger partial charge in [-0.2, -0.15) is 0 Å². The lowest BCUT2D eigenvalue weighted by Gasteiger charge is -2.56. The summed E-state index contributed by atoms with van der Waals surface area (Å²) < 4.78 is 0. The molecular weight excluding hydrogens is 372 g/mol. The minimum absolute atomic E-state index is 0.107. The molecule has 0 aliphatic heterocycles. The average Bonchev–Trinajstić information content (AvgIpc) is 3.17. The molecule has 166 valence electrons. The topological polar surface area (TPSA) is 0 Å². The molecule has 5 aliphatic rings. The zero-order chi connectivity index (χ0) is 21.6. The van der Waals surface area contributed by atoms with Crippen LogP contribution < -0.4 is 0 Å². The van der Waals surface area contributed by atoms with Crippen LogP contribution in [0.25, 0.3) is 0 Å². The molecule has 5 aliphatic carbocycles. The fourth-order valence-corrected chi connectivity index (χ4v) is 8.92. The SMILES string of the molecule is C#CC1=CC(C)(C/C(=C\C)[C@H]2CCC[C@@H]3C2CC[C@H]2C3CCC3CC(=C)CC[C@@H]32)C=C1. The standard InChI is InChI=1S/C31H42/c1-5-22-16-17-31(4,19-22)20-23(6-2)25-8-7-9-27-28(25)14-15-29-26-12-10-21(3)18-24(26)11-13-30(27)29/h1,6,16-17,19,24-30H,3,7-15,18,20H2,2,4H3/b23-6+/t24?,25-,26+,27-,28?,29-,30?,31?/m1/s1. The molecule has 4 saturated carbocycles. The lowest BCUT2D eigenvalue weighted by atomic mass is 9.49. The summed E-state index contributed by atoms with van der Waals surface area (Å²) in [5, 5.41) is 0. The van der Waals surface area contributed by atoms with Crippen molar-refractivity contribution in [3.63, 3.8) is 0 Å². The first-order valence-corrected chi connectivity index (χ1v) is 13.2. The smallest absolute Gasteiger partial charge is 0.0208 e. The van der Waals surface area contributed by atoms with Gasteiger partial charge in [0.05, 0.1) is 0 Å². The third-order valence-electron chi connectivity index (χ3n) is 10.2. The first kappa shape index (κ1) is 21.4. The van der Waals surface area contributed by atoms with E-state index in [-0.39, 0.29) is 5.41 Å². The second-order valence-electron chi connectivity index (χ2n) is 11.9. The predicted octanol–water partition coefficient (Wildman–Crippen LogP) is 8.28. The number of fused-ring (bicyclic) bond motifs is 5. The van der Waals surface area contributed by atoms with E-state index in [4.69, 9.17) is 6.42 Å². The second kappa shape index (κ2) is 8.46. The molecule has 0 N–H and O–H groups in total. The summed E-state index contributed by atoms with van der Waals surface area (Å²) >= 11 is 0. The Morgan fingerprint density at radius 3 is 2.58 bits per heavy atom. The molecule has 0 nitrogen and oxygen atoms in total. The Morgan fingerprint density at radius 2 is 1.81 bits per heavy atom. The van der Waals surface area contributed by atoms with Crippen LogP contribution >= 0.6 is 0 Å². The van der Waals surface area contributed by atoms with Gasteiger partial charge in [0.15, 0.2) is 0 Å². The average molecular weight is 415 g/mol. The largest absolute Gasteiger partial charge is 0.115 e. The van der Waals surface area contributed by atoms with Crippen LogP contribution in [0.4, 0.5) is 0 Å². The Labute approximate surface area is 191 Å². The van der Waals surface area contributed by atoms with Gasteiger partial charge in [-0.15, -0.1) is 6.42 Å². The fraction of sp³-hybridized carbons (Fsp3) is 0.677. The highest BCUT2D eigenvalue weighted by Gasteiger charge is 2.50. The molecule has 0 aromatic rings. The van der Waals surface area contributed by atoms with Gasteiger partial charge in [0.1, 0.15) is 0 Å². The quantitative estimate of drug-likeness (QED) is 0.322. The van der Waals surface area contributed by atoms with E-state index in [2.05, 4.69) is 50.7 Å². The highest BCUT2D eigenvalue weighted by Crippen LogP contribution is 2.59. The first-order chi connectivity index (χ1) is 15.0. The van der Waals surface area contributed by atoms with Crippen molar-refractivity contribution in [3.05, 3.63) is 47.6 Å². The summed E-state index contributed by atoms with van der Waals surface area (Å²) in [5.74, 6) is 9.59. The number of hydrogen-bond donors (Lipinski definition) is 0. The van der Waals surface area contributed by atoms with Gasteiger partial charge in [-0.25, -0.2) is 0 Å². The monoisotopic (exact) mass is 414 g/mol. The zero-order valence-corrected chi connectivity index (χ0v) is 19.9. The molecule has 0 aromatic carbocycles. The summed E-state index contributed by atoms with van der Waals surface area (Å²) in [7, 11) is 0. The molecule has 0 amide bonds. The van der Waals surface area contributed by atoms with Crippen LogP contribution in [0.2, 0.25) is 0 Å². The molecule has 0 heteroatoms. The minimum Gasteiger partial charge on any atom is -0.115 e. The van der Waals surface area contributed by atoms with E-state index in [9.17, 15) is 0 Å². The van der Waals surface area contributed by atoms with Crippen molar-refractivity contribution in [2.24, 2.45) is 46.8 Å². The van der Waals surface area contributed by atoms with Crippen LogP contribution in [0.15, 0.2) is 47.6 Å². The Hall–Kier alpha value is -1.48. The van der Waals surface area contributed by atoms with Gasteiger partial charge < -0.3 is 0 Å². The van der Waals surface area contributed by atoms with Gasteiger partial charge in [0, 0.05) is 11.0 Å². The Bertz CT molecular complexity index is 844. The molecular formula is C31H42. The van der Waals surface area contributed by atoms with Gasteiger partial charge in [-0.1, -0.05) is 55.2 Å². The van der Waals surface area contributed by atoms with Gasteiger partial charge >= 0.3 is 0 Å². The molecule has 0 bridgehead atoms. The normalized spacial score (nSPS) is 44.7. The Balaban J connectivity index is 1.32. The molecule has 0 aromatic heterocycles. The highest BCUT2D eigenvalue weighted by atomic mass is 14.6. The molecule has 0 radical (unpaired) electrons. The van der Waals surface area contributed by atoms with Gasteiger partial charge in [0.25, 0.3) is 0 Å². The van der Waals surface area contributed by atoms with E-state index in [1.807, 2.05) is 0 Å². The van der Waals surface area contributed by atoms with E-state index in [1.165, 1.54) is 64.2 Å². The lowest BCUT2D eigenvalue weighted by Crippen LogP contribution is -2.47. The molecule has 0 saturated heterocycles. The van der Waals surface area contributed by atoms with E-state index in [1.54, 1.807) is 11.1 Å². The Kier molecular flexibility index (Phi) is 5.83. The number of rotatable bonds is 3. The van der Waals surface area contributed by atoms with Crippen molar-refractivity contribution >= 4 is 0 Å². The second-order valence-corrected chi connectivity index (χ2v) is 11.9. The highest BCUT2D eigenvalue weighted by molar-refractivity contribution is 5.45. The van der Waals surface area contributed by atoms with Crippen LogP contribution in [0.3, 0.4) is 0 Å². The van der Waals surface area contributed by atoms with Gasteiger partial charge in [-0.05, 0) is 119 Å². The van der Waals surface area contributed by atoms with E-state index < -0.39 is 0 Å². The summed E-state index contributed by atoms with van der Waals surface area (Å²) in [6.45, 7) is 9.00. The summed E-state index contributed by atoms with van der Waals surface area (Å²) in [4.78, 5) is 0. The van der Waals surface area contributed by atoms with Crippen molar-refractivity contribution in [1.29, 1.82) is 0 Å². The van der Waals surface area contributed by atoms with Crippen molar-refractivity contribution in [2.75, 3.05) is 0 Å². The van der Waals surface area contributed by atoms with Crippen LogP contribution in [0.5, 0.6) is 0 Å². The lowest BCUT2D eigenvalue weighted by molar-refractivity contribution is -0.0483. The van der Waals surface area contributed by atoms with Crippen molar-refractivity contribution in [1.82, 2.24) is 0 Å². The van der Waals surface area contributed by atoms with Crippen molar-refractivity contribution < 1.29 is 0 Å². The van der Waals surface area contributed by atoms with E-state index in [0.717, 1.165) is 53.4 Å². The Morgan fingerprint density at radius 1 is 1.06 bits per heavy atom. The number of hydrogen-bond acceptors (Lipinski definition) is 0. The van der Waals surface area contributed by atoms with Crippen LogP contribution in [-0.2, 0) is 0 Å². The number of allylic oxidation sites excluding steroid dienone is 7. The summed E-state index contributed by atoms with van der Waals surface area (Å²) in [6, 6.07) is 0. The number of terminal acetylenes is 1. The molecule has 5 rings (SSSR count). The van der Waals surface area contributed by atoms with Crippen LogP contribution in [0, 0.1) is 59.2 Å². The van der Waals surface area contributed by atoms with E-state index >= 15 is 0 Å². The maximum Gasteiger partial charge on any atom is 0.0208 e. The minimum atomic E-state index is 0.107. The summed E-state index contributed by atoms with van der Waals surface area (Å²) in [6.07, 6.45) is 30.6. The van der Waals surface area contributed by atoms with Gasteiger partial charge in [-0.3, -0.25) is 0 Å². The predicted molar refractivity (Wildman–Crippen MR) is 132 cm³/mol. The molecule has 0 spiro atoms. The third-order valence-corrected chi connectivity index (χ3v) is 10.2. The first-order valence-electron chi connectivity index (χ1n) is 13.2. The fourth-order valence-electron chi connectivity index (χ4n) is 8.92. The molecule has 4 fully saturated rings. The van der Waals surface area contributed by atoms with Gasteiger partial charge in [0.2, 0.25) is 0 Å². The molecule has 4 unspecified atom stereocenters. The maximum atomic E-state index is 5.68. The van der Waals surface area contributed by atoms with Crippen molar-refractivity contribution in [3.8, 4) is 12.3 Å². The molecule has 8 atom stereocenters. The zero-order valence-electron chi connectivity index (χ0n) is 19.9. The van der Waals surface area contributed by atoms with Crippen LogP contribution in [-0.4, -0.2) is 0 Å².